The Kier molecular flexibility index (Phi) is 6.22. The van der Waals surface area contributed by atoms with Gasteiger partial charge in [0.1, 0.15) is 12.2 Å². The van der Waals surface area contributed by atoms with Crippen molar-refractivity contribution < 1.29 is 19.1 Å². The molecule has 2 rings (SSSR count). The van der Waals surface area contributed by atoms with Crippen LogP contribution in [0.25, 0.3) is 5.69 Å². The molecule has 0 radical (unpaired) electrons. The molecule has 0 atom stereocenters. The maximum Gasteiger partial charge on any atom is 0.407 e. The second kappa shape index (κ2) is 8.37. The summed E-state index contributed by atoms with van der Waals surface area (Å²) in [5, 5.41) is 2.54. The molecule has 0 bridgehead atoms. The van der Waals surface area contributed by atoms with Crippen molar-refractivity contribution in [1.82, 2.24) is 9.88 Å². The Bertz CT molecular complexity index is 685. The minimum Gasteiger partial charge on any atom is -0.464 e. The molecule has 1 aromatic carbocycles. The molecule has 1 heterocycles. The van der Waals surface area contributed by atoms with Crippen molar-refractivity contribution in [2.45, 2.75) is 32.8 Å². The van der Waals surface area contributed by atoms with E-state index in [1.807, 2.05) is 53.4 Å². The summed E-state index contributed by atoms with van der Waals surface area (Å²) in [7, 11) is 0. The maximum atomic E-state index is 11.8. The van der Waals surface area contributed by atoms with E-state index in [4.69, 9.17) is 9.47 Å². The Morgan fingerprint density at radius 2 is 1.72 bits per heavy atom. The smallest absolute Gasteiger partial charge is 0.407 e. The van der Waals surface area contributed by atoms with Crippen molar-refractivity contribution >= 4 is 12.1 Å². The van der Waals surface area contributed by atoms with E-state index >= 15 is 0 Å². The molecule has 1 N–H and O–H groups in total. The Morgan fingerprint density at radius 1 is 1.08 bits per heavy atom. The average Bonchev–Trinajstić information content (AvgIpc) is 3.05. The van der Waals surface area contributed by atoms with E-state index in [0.717, 1.165) is 11.3 Å². The van der Waals surface area contributed by atoms with Crippen LogP contribution in [0, 0.1) is 0 Å². The predicted molar refractivity (Wildman–Crippen MR) is 94.7 cm³/mol. The van der Waals surface area contributed by atoms with Crippen molar-refractivity contribution in [2.75, 3.05) is 13.2 Å². The first kappa shape index (κ1) is 18.6. The number of alkyl carbamates (subject to hydrolysis) is 1. The summed E-state index contributed by atoms with van der Waals surface area (Å²) in [4.78, 5) is 23.3. The highest BCUT2D eigenvalue weighted by Gasteiger charge is 2.15. The standard InChI is InChI=1S/C19H24N2O4/c1-19(2,3)25-18(23)20-10-13-24-17(22)14-15-6-8-16(9-7-15)21-11-4-5-12-21/h4-9,11-12H,10,13-14H2,1-3H3,(H,20,23). The number of carbonyl (C=O) groups excluding carboxylic acids is 2. The molecule has 0 saturated heterocycles. The molecule has 0 aliphatic carbocycles. The number of ether oxygens (including phenoxy) is 2. The van der Waals surface area contributed by atoms with Crippen LogP contribution >= 0.6 is 0 Å². The number of carbonyl (C=O) groups is 2. The highest BCUT2D eigenvalue weighted by Crippen LogP contribution is 2.11. The number of benzene rings is 1. The van der Waals surface area contributed by atoms with Crippen LogP contribution in [0.15, 0.2) is 48.8 Å². The number of nitrogens with one attached hydrogen (secondary N) is 1. The van der Waals surface area contributed by atoms with Gasteiger partial charge in [-0.05, 0) is 50.6 Å². The number of aromatic nitrogens is 1. The SMILES string of the molecule is CC(C)(C)OC(=O)NCCOC(=O)Cc1ccc(-n2cccc2)cc1. The lowest BCUT2D eigenvalue weighted by Crippen LogP contribution is -2.34. The molecule has 1 aromatic heterocycles. The van der Waals surface area contributed by atoms with Gasteiger partial charge in [0.25, 0.3) is 0 Å². The van der Waals surface area contributed by atoms with Crippen molar-refractivity contribution in [3.63, 3.8) is 0 Å². The Morgan fingerprint density at radius 3 is 2.32 bits per heavy atom. The van der Waals surface area contributed by atoms with Gasteiger partial charge in [0.2, 0.25) is 0 Å². The van der Waals surface area contributed by atoms with Gasteiger partial charge in [0.15, 0.2) is 0 Å². The lowest BCUT2D eigenvalue weighted by molar-refractivity contribution is -0.142. The fourth-order valence-corrected chi connectivity index (χ4v) is 2.14. The summed E-state index contributed by atoms with van der Waals surface area (Å²) in [6, 6.07) is 11.6. The van der Waals surface area contributed by atoms with Crippen LogP contribution in [0.3, 0.4) is 0 Å². The van der Waals surface area contributed by atoms with Gasteiger partial charge >= 0.3 is 12.1 Å². The van der Waals surface area contributed by atoms with Gasteiger partial charge in [-0.25, -0.2) is 4.79 Å². The third-order valence-electron chi connectivity index (χ3n) is 3.22. The van der Waals surface area contributed by atoms with Gasteiger partial charge in [0.05, 0.1) is 13.0 Å². The third-order valence-corrected chi connectivity index (χ3v) is 3.22. The monoisotopic (exact) mass is 344 g/mol. The summed E-state index contributed by atoms with van der Waals surface area (Å²) >= 11 is 0. The molecule has 6 nitrogen and oxygen atoms in total. The fraction of sp³-hybridized carbons (Fsp3) is 0.368. The van der Waals surface area contributed by atoms with Crippen LogP contribution in [0.1, 0.15) is 26.3 Å². The summed E-state index contributed by atoms with van der Waals surface area (Å²) in [5.74, 6) is -0.334. The topological polar surface area (TPSA) is 69.6 Å². The zero-order chi connectivity index (χ0) is 18.3. The molecule has 0 aliphatic rings. The minimum atomic E-state index is -0.548. The molecular formula is C19H24N2O4. The molecule has 0 aliphatic heterocycles. The van der Waals surface area contributed by atoms with Gasteiger partial charge < -0.3 is 19.4 Å². The lowest BCUT2D eigenvalue weighted by atomic mass is 10.1. The van der Waals surface area contributed by atoms with Crippen molar-refractivity contribution in [3.05, 3.63) is 54.4 Å². The first-order valence-electron chi connectivity index (χ1n) is 8.18. The summed E-state index contributed by atoms with van der Waals surface area (Å²) in [6.07, 6.45) is 3.59. The van der Waals surface area contributed by atoms with E-state index in [1.165, 1.54) is 0 Å². The molecule has 1 amide bonds. The lowest BCUT2D eigenvalue weighted by Gasteiger charge is -2.19. The van der Waals surface area contributed by atoms with Gasteiger partial charge in [0, 0.05) is 18.1 Å². The van der Waals surface area contributed by atoms with Crippen molar-refractivity contribution in [1.29, 1.82) is 0 Å². The average molecular weight is 344 g/mol. The molecule has 25 heavy (non-hydrogen) atoms. The normalized spacial score (nSPS) is 11.0. The molecule has 0 fully saturated rings. The highest BCUT2D eigenvalue weighted by molar-refractivity contribution is 5.72. The van der Waals surface area contributed by atoms with Crippen LogP contribution in [-0.4, -0.2) is 35.4 Å². The first-order chi connectivity index (χ1) is 11.8. The zero-order valence-electron chi connectivity index (χ0n) is 14.8. The van der Waals surface area contributed by atoms with E-state index in [1.54, 1.807) is 20.8 Å². The van der Waals surface area contributed by atoms with Gasteiger partial charge in [-0.15, -0.1) is 0 Å². The Labute approximate surface area is 147 Å². The molecule has 2 aromatic rings. The Balaban J connectivity index is 1.69. The number of esters is 1. The van der Waals surface area contributed by atoms with Crippen LogP contribution in [0.4, 0.5) is 4.79 Å². The van der Waals surface area contributed by atoms with E-state index in [-0.39, 0.29) is 25.5 Å². The third kappa shape index (κ3) is 6.71. The second-order valence-electron chi connectivity index (χ2n) is 6.58. The van der Waals surface area contributed by atoms with E-state index in [0.29, 0.717) is 0 Å². The number of rotatable bonds is 6. The zero-order valence-corrected chi connectivity index (χ0v) is 14.8. The molecule has 134 valence electrons. The number of nitrogens with zero attached hydrogens (tertiary/aromatic N) is 1. The van der Waals surface area contributed by atoms with Gasteiger partial charge in [-0.1, -0.05) is 12.1 Å². The maximum absolute atomic E-state index is 11.8. The number of amides is 1. The van der Waals surface area contributed by atoms with Crippen LogP contribution in [0.2, 0.25) is 0 Å². The predicted octanol–water partition coefficient (Wildman–Crippen LogP) is 3.09. The molecule has 0 unspecified atom stereocenters. The largest absolute Gasteiger partial charge is 0.464 e. The summed E-state index contributed by atoms with van der Waals surface area (Å²) in [5.41, 5.74) is 1.36. The minimum absolute atomic E-state index is 0.111. The van der Waals surface area contributed by atoms with E-state index < -0.39 is 11.7 Å². The quantitative estimate of drug-likeness (QED) is 0.646. The van der Waals surface area contributed by atoms with E-state index in [2.05, 4.69) is 5.32 Å². The highest BCUT2D eigenvalue weighted by atomic mass is 16.6. The summed E-state index contributed by atoms with van der Waals surface area (Å²) < 4.78 is 12.2. The second-order valence-corrected chi connectivity index (χ2v) is 6.58. The number of hydrogen-bond donors (Lipinski definition) is 1. The van der Waals surface area contributed by atoms with Crippen molar-refractivity contribution in [2.24, 2.45) is 0 Å². The van der Waals surface area contributed by atoms with Crippen molar-refractivity contribution in [3.8, 4) is 5.69 Å². The molecular weight excluding hydrogens is 320 g/mol. The van der Waals surface area contributed by atoms with Crippen LogP contribution < -0.4 is 5.32 Å². The first-order valence-corrected chi connectivity index (χ1v) is 8.18. The fourth-order valence-electron chi connectivity index (χ4n) is 2.14. The van der Waals surface area contributed by atoms with E-state index in [9.17, 15) is 9.59 Å². The van der Waals surface area contributed by atoms with Gasteiger partial charge in [-0.2, -0.15) is 0 Å². The Hall–Kier alpha value is -2.76. The van der Waals surface area contributed by atoms with Gasteiger partial charge in [-0.3, -0.25) is 4.79 Å². The molecule has 6 heteroatoms. The van der Waals surface area contributed by atoms with Crippen LogP contribution in [-0.2, 0) is 20.7 Å². The summed E-state index contributed by atoms with van der Waals surface area (Å²) in [6.45, 7) is 5.68. The van der Waals surface area contributed by atoms with Crippen LogP contribution in [0.5, 0.6) is 0 Å². The molecule has 0 spiro atoms. The molecule has 0 saturated carbocycles. The number of hydrogen-bond acceptors (Lipinski definition) is 4.